The van der Waals surface area contributed by atoms with Crippen molar-refractivity contribution in [2.75, 3.05) is 27.7 Å². The number of carboxylic acids is 1. The molecule has 0 spiro atoms. The third-order valence-electron chi connectivity index (χ3n) is 4.93. The molecule has 0 saturated heterocycles. The van der Waals surface area contributed by atoms with Crippen molar-refractivity contribution in [3.05, 3.63) is 0 Å². The van der Waals surface area contributed by atoms with E-state index in [-0.39, 0.29) is 12.4 Å². The molecule has 0 aromatic rings. The van der Waals surface area contributed by atoms with E-state index in [4.69, 9.17) is 4.74 Å². The Kier molecular flexibility index (Phi) is 16.2. The lowest BCUT2D eigenvalue weighted by Gasteiger charge is -2.29. The summed E-state index contributed by atoms with van der Waals surface area (Å²) in [5.41, 5.74) is 0. The molecule has 0 aliphatic carbocycles. The predicted molar refractivity (Wildman–Crippen MR) is 113 cm³/mol. The molecule has 0 aliphatic heterocycles. The maximum atomic E-state index is 12.0. The summed E-state index contributed by atoms with van der Waals surface area (Å²) >= 11 is 0. The highest BCUT2D eigenvalue weighted by molar-refractivity contribution is 5.70. The van der Waals surface area contributed by atoms with Gasteiger partial charge in [0.15, 0.2) is 6.10 Å². The van der Waals surface area contributed by atoms with Gasteiger partial charge in [-0.05, 0) is 6.42 Å². The SMILES string of the molecule is C[N+](C)(C)CC(CC(=O)[O-])O[13C](=O)[13CH2][13CH2][13CH2][13CH2][13CH2][13CH2][13CH2][13CH2][13CH2][13CH2][13CH2][13CH2][13CH2][13CH2][13CH3]. The lowest BCUT2D eigenvalue weighted by atomic mass is 10.2. The van der Waals surface area contributed by atoms with Gasteiger partial charge in [-0.3, -0.25) is 4.79 Å². The third kappa shape index (κ3) is 19.7. The first-order valence-electron chi connectivity index (χ1n) is 11.4. The second-order valence-corrected chi connectivity index (χ2v) is 9.15. The van der Waals surface area contributed by atoms with Crippen molar-refractivity contribution in [2.24, 2.45) is 0 Å². The van der Waals surface area contributed by atoms with Crippen LogP contribution in [0.15, 0.2) is 0 Å². The van der Waals surface area contributed by atoms with Crippen LogP contribution in [0.25, 0.3) is 0 Å². The number of hydrogen-bond acceptors (Lipinski definition) is 4. The molecule has 0 saturated carbocycles. The first-order chi connectivity index (χ1) is 13.2. The number of likely N-dealkylation sites (N-methyl/N-ethyl adjacent to an activating group) is 1. The first-order valence-corrected chi connectivity index (χ1v) is 11.4. The van der Waals surface area contributed by atoms with E-state index in [1.54, 1.807) is 0 Å². The highest BCUT2D eigenvalue weighted by Crippen LogP contribution is 2.13. The van der Waals surface area contributed by atoms with Crippen molar-refractivity contribution in [2.45, 2.75) is 109 Å². The maximum Gasteiger partial charge on any atom is 0.306 e. The Bertz CT molecular complexity index is 404. The van der Waals surface area contributed by atoms with Crippen molar-refractivity contribution >= 4 is 11.9 Å². The smallest absolute Gasteiger partial charge is 0.306 e. The van der Waals surface area contributed by atoms with Gasteiger partial charge in [0.2, 0.25) is 0 Å². The van der Waals surface area contributed by atoms with E-state index in [9.17, 15) is 14.7 Å². The predicted octanol–water partition coefficient (Wildman–Crippen LogP) is 4.23. The normalized spacial score (nSPS) is 12.7. The molecular formula is C23H45NO4. The Morgan fingerprint density at radius 1 is 0.786 bits per heavy atom. The third-order valence-corrected chi connectivity index (χ3v) is 4.93. The summed E-state index contributed by atoms with van der Waals surface area (Å²) in [5.74, 6) is -1.46. The summed E-state index contributed by atoms with van der Waals surface area (Å²) in [6.45, 7) is 2.72. The lowest BCUT2D eigenvalue weighted by Crippen LogP contribution is -2.45. The van der Waals surface area contributed by atoms with Crippen molar-refractivity contribution in [1.82, 2.24) is 0 Å². The van der Waals surface area contributed by atoms with Crippen LogP contribution in [0.1, 0.15) is 103 Å². The standard InChI is InChI=1S/C23H45NO4/c1-5-6-7-8-9-10-11-12-13-14-15-16-17-18-23(27)28-21(19-22(25)26)20-24(2,3)4/h21H,5-20H2,1-4H3/i1+1,5+1,6+1,7+1,8+1,9+1,10+1,11+1,12+1,13+1,14+1,15+1,16+1,17+1,18+1,23+1. The number of nitrogens with zero attached hydrogens (tertiary/aromatic N) is 1. The van der Waals surface area contributed by atoms with Gasteiger partial charge in [0.1, 0.15) is 6.54 Å². The van der Waals surface area contributed by atoms with Gasteiger partial charge in [-0.25, -0.2) is 0 Å². The Morgan fingerprint density at radius 2 is 1.21 bits per heavy atom. The van der Waals surface area contributed by atoms with E-state index in [1.807, 2.05) is 21.1 Å². The van der Waals surface area contributed by atoms with Gasteiger partial charge in [0.25, 0.3) is 0 Å². The summed E-state index contributed by atoms with van der Waals surface area (Å²) in [4.78, 5) is 22.8. The number of carboxylic acid groups (broad SMARTS) is 1. The quantitative estimate of drug-likeness (QED) is 0.137. The minimum Gasteiger partial charge on any atom is -0.550 e. The maximum absolute atomic E-state index is 12.0. The molecule has 0 fully saturated rings. The molecule has 0 aromatic heterocycles. The van der Waals surface area contributed by atoms with E-state index in [1.165, 1.54) is 64.2 Å². The fourth-order valence-electron chi connectivity index (χ4n) is 3.47. The van der Waals surface area contributed by atoms with Crippen LogP contribution in [0.5, 0.6) is 0 Å². The zero-order valence-corrected chi connectivity index (χ0v) is 19.0. The number of carbonyl (C=O) groups excluding carboxylic acids is 2. The Balaban J connectivity index is 3.63. The molecule has 0 aromatic carbocycles. The average Bonchev–Trinajstić information content (AvgIpc) is 2.56. The molecule has 166 valence electrons. The van der Waals surface area contributed by atoms with E-state index >= 15 is 0 Å². The van der Waals surface area contributed by atoms with Crippen molar-refractivity contribution < 1.29 is 23.9 Å². The Labute approximate surface area is 173 Å². The summed E-state index contributed by atoms with van der Waals surface area (Å²) in [5, 5.41) is 10.9. The van der Waals surface area contributed by atoms with Gasteiger partial charge in [-0.15, -0.1) is 0 Å². The number of aliphatic carboxylic acids is 1. The van der Waals surface area contributed by atoms with Gasteiger partial charge in [0.05, 0.1) is 21.1 Å². The minimum atomic E-state index is -1.17. The molecule has 5 heteroatoms. The van der Waals surface area contributed by atoms with Crippen LogP contribution in [-0.4, -0.2) is 50.2 Å². The number of esters is 1. The van der Waals surface area contributed by atoms with Crippen molar-refractivity contribution in [3.8, 4) is 0 Å². The van der Waals surface area contributed by atoms with E-state index in [0.29, 0.717) is 17.4 Å². The zero-order chi connectivity index (χ0) is 21.3. The van der Waals surface area contributed by atoms with Crippen LogP contribution in [0, 0.1) is 0 Å². The summed E-state index contributed by atoms with van der Waals surface area (Å²) in [7, 11) is 5.84. The molecule has 0 heterocycles. The van der Waals surface area contributed by atoms with Gasteiger partial charge < -0.3 is 19.1 Å². The van der Waals surface area contributed by atoms with Gasteiger partial charge >= 0.3 is 5.97 Å². The summed E-state index contributed by atoms with van der Waals surface area (Å²) < 4.78 is 5.91. The van der Waals surface area contributed by atoms with Crippen LogP contribution >= 0.6 is 0 Å². The molecule has 0 amide bonds. The van der Waals surface area contributed by atoms with Gasteiger partial charge in [0, 0.05) is 18.8 Å². The highest BCUT2D eigenvalue weighted by Gasteiger charge is 2.22. The molecule has 5 nitrogen and oxygen atoms in total. The van der Waals surface area contributed by atoms with Gasteiger partial charge in [-0.1, -0.05) is 84.0 Å². The van der Waals surface area contributed by atoms with Crippen LogP contribution < -0.4 is 5.11 Å². The molecular weight excluding hydrogens is 370 g/mol. The lowest BCUT2D eigenvalue weighted by molar-refractivity contribution is -0.873. The molecule has 28 heavy (non-hydrogen) atoms. The second kappa shape index (κ2) is 16.8. The second-order valence-electron chi connectivity index (χ2n) is 9.15. The number of quaternary nitrogens is 1. The van der Waals surface area contributed by atoms with E-state index in [2.05, 4.69) is 6.92 Å². The van der Waals surface area contributed by atoms with E-state index < -0.39 is 12.1 Å². The first kappa shape index (κ1) is 26.9. The van der Waals surface area contributed by atoms with Crippen LogP contribution in [0.3, 0.4) is 0 Å². The highest BCUT2D eigenvalue weighted by atomic mass is 16.6. The number of rotatable bonds is 19. The molecule has 0 rings (SSSR count). The molecule has 0 radical (unpaired) electrons. The molecule has 0 bridgehead atoms. The fraction of sp³-hybridized carbons (Fsp3) is 0.913. The Hall–Kier alpha value is -1.10. The minimum absolute atomic E-state index is 0.236. The van der Waals surface area contributed by atoms with Crippen LogP contribution in [0.4, 0.5) is 0 Å². The Morgan fingerprint density at radius 3 is 1.61 bits per heavy atom. The topological polar surface area (TPSA) is 66.4 Å². The molecule has 1 unspecified atom stereocenters. The van der Waals surface area contributed by atoms with E-state index in [0.717, 1.165) is 19.3 Å². The summed E-state index contributed by atoms with van der Waals surface area (Å²) in [6.07, 6.45) is 16.0. The monoisotopic (exact) mass is 415 g/mol. The number of carbonyl (C=O) groups is 2. The largest absolute Gasteiger partial charge is 0.550 e. The van der Waals surface area contributed by atoms with Crippen LogP contribution in [-0.2, 0) is 14.3 Å². The molecule has 0 aliphatic rings. The van der Waals surface area contributed by atoms with Crippen molar-refractivity contribution in [1.29, 1.82) is 0 Å². The number of ether oxygens (including phenoxy) is 1. The number of hydrogen-bond donors (Lipinski definition) is 0. The molecule has 1 atom stereocenters. The number of unbranched alkanes of at least 4 members (excludes halogenated alkanes) is 12. The summed E-state index contributed by atoms with van der Waals surface area (Å²) in [6, 6.07) is 0. The van der Waals surface area contributed by atoms with Crippen molar-refractivity contribution in [3.63, 3.8) is 0 Å². The average molecular weight is 415 g/mol. The fourth-order valence-corrected chi connectivity index (χ4v) is 3.47. The molecule has 0 N–H and O–H groups in total. The van der Waals surface area contributed by atoms with Gasteiger partial charge in [-0.2, -0.15) is 0 Å². The van der Waals surface area contributed by atoms with Crippen LogP contribution in [0.2, 0.25) is 0 Å². The zero-order valence-electron chi connectivity index (χ0n) is 19.0.